The molecule has 0 radical (unpaired) electrons. The zero-order chi connectivity index (χ0) is 45.3. The SMILES string of the molecule is Cc1cc(S(=O)(=O)O)cc2c3c(ccc12)[N+](CCCS(=O)(=O)O)=C(/C=C/C=C/C=C1\N(CCCS(=O)(=O)O)c2ccc(S(=O)(=O)O)cc2C1(C)CCCCCC(=O)O)C3(C)C. The first-order chi connectivity index (χ1) is 28.1. The lowest BCUT2D eigenvalue weighted by molar-refractivity contribution is -0.437. The average molecular weight is 924 g/mol. The Kier molecular flexibility index (Phi) is 14.0. The number of nitrogens with zero attached hydrogens (tertiary/aromatic N) is 2. The van der Waals surface area contributed by atoms with Crippen molar-refractivity contribution in [1.29, 1.82) is 0 Å². The molecule has 0 aliphatic carbocycles. The molecule has 0 saturated carbocycles. The number of unbranched alkanes of at least 4 members (excludes halogenated alkanes) is 2. The maximum atomic E-state index is 12.3. The molecule has 332 valence electrons. The maximum Gasteiger partial charge on any atom is 0.303 e. The van der Waals surface area contributed by atoms with E-state index in [1.807, 2.05) is 48.5 Å². The quantitative estimate of drug-likeness (QED) is 0.0378. The molecule has 2 heterocycles. The van der Waals surface area contributed by atoms with E-state index in [1.54, 1.807) is 31.2 Å². The van der Waals surface area contributed by atoms with E-state index in [0.717, 1.165) is 10.9 Å². The van der Waals surface area contributed by atoms with E-state index in [0.29, 0.717) is 65.0 Å². The summed E-state index contributed by atoms with van der Waals surface area (Å²) in [6.07, 6.45) is 10.8. The van der Waals surface area contributed by atoms with Crippen molar-refractivity contribution < 1.29 is 66.4 Å². The van der Waals surface area contributed by atoms with E-state index in [1.165, 1.54) is 30.3 Å². The van der Waals surface area contributed by atoms with Gasteiger partial charge >= 0.3 is 5.97 Å². The first-order valence-corrected chi connectivity index (χ1v) is 25.5. The molecular formula is C41H51N2O14S4+. The van der Waals surface area contributed by atoms with E-state index in [4.69, 9.17) is 5.11 Å². The predicted molar refractivity (Wildman–Crippen MR) is 231 cm³/mol. The Morgan fingerprint density at radius 2 is 1.39 bits per heavy atom. The van der Waals surface area contributed by atoms with Crippen LogP contribution < -0.4 is 4.90 Å². The van der Waals surface area contributed by atoms with Crippen molar-refractivity contribution in [3.63, 3.8) is 0 Å². The van der Waals surface area contributed by atoms with Crippen LogP contribution in [0.15, 0.2) is 88.3 Å². The molecule has 2 aliphatic heterocycles. The smallest absolute Gasteiger partial charge is 0.303 e. The molecule has 16 nitrogen and oxygen atoms in total. The summed E-state index contributed by atoms with van der Waals surface area (Å²) in [5, 5.41) is 10.5. The van der Waals surface area contributed by atoms with Crippen LogP contribution in [0.1, 0.15) is 82.4 Å². The molecule has 2 aliphatic rings. The zero-order valence-electron chi connectivity index (χ0n) is 34.1. The van der Waals surface area contributed by atoms with Crippen molar-refractivity contribution in [2.45, 2.75) is 93.3 Å². The standard InChI is InChI=1S/C41H50N2O14S4/c1-28-25-30(61(55,56)57)26-32-31(28)17-19-35-39(32)40(2,3)36(43(35)22-12-24-59(49,50)51)13-7-5-8-14-37-41(4,20-10-6-9-15-38(44)45)33-27-29(60(52,53)54)16-18-34(33)42(37)21-11-23-58(46,47)48/h5,7-8,13-14,16-19,25-27H,6,9-12,15,20-24H2,1-4H3,(H4-,44,45,46,47,48,49,50,51,52,53,54,55,56,57)/p+1. The molecule has 1 atom stereocenters. The molecule has 61 heavy (non-hydrogen) atoms. The van der Waals surface area contributed by atoms with Gasteiger partial charge in [-0.05, 0) is 111 Å². The van der Waals surface area contributed by atoms with Crippen LogP contribution in [0, 0.1) is 6.92 Å². The van der Waals surface area contributed by atoms with Crippen molar-refractivity contribution in [3.05, 3.63) is 95.2 Å². The summed E-state index contributed by atoms with van der Waals surface area (Å²) in [6, 6.07) is 10.6. The van der Waals surface area contributed by atoms with Gasteiger partial charge in [-0.3, -0.25) is 23.0 Å². The zero-order valence-corrected chi connectivity index (χ0v) is 37.4. The minimum Gasteiger partial charge on any atom is -0.481 e. The average Bonchev–Trinajstić information content (AvgIpc) is 3.48. The summed E-state index contributed by atoms with van der Waals surface area (Å²) in [5.74, 6) is -1.97. The summed E-state index contributed by atoms with van der Waals surface area (Å²) in [7, 11) is -17.8. The largest absolute Gasteiger partial charge is 0.481 e. The molecule has 3 aromatic carbocycles. The maximum absolute atomic E-state index is 12.3. The van der Waals surface area contributed by atoms with Crippen LogP contribution in [0.25, 0.3) is 10.8 Å². The van der Waals surface area contributed by atoms with Gasteiger partial charge in [-0.1, -0.05) is 31.1 Å². The fraction of sp³-hybridized carbons (Fsp3) is 0.415. The van der Waals surface area contributed by atoms with Crippen molar-refractivity contribution in [3.8, 4) is 0 Å². The second kappa shape index (κ2) is 17.8. The highest BCUT2D eigenvalue weighted by Gasteiger charge is 2.46. The van der Waals surface area contributed by atoms with Gasteiger partial charge in [-0.15, -0.1) is 0 Å². The van der Waals surface area contributed by atoms with Gasteiger partial charge in [-0.2, -0.15) is 38.2 Å². The lowest BCUT2D eigenvalue weighted by Gasteiger charge is -2.30. The molecule has 0 saturated heterocycles. The Hall–Kier alpha value is -4.28. The van der Waals surface area contributed by atoms with Crippen LogP contribution in [0.4, 0.5) is 11.4 Å². The van der Waals surface area contributed by atoms with E-state index in [9.17, 15) is 56.7 Å². The molecule has 0 bridgehead atoms. The van der Waals surface area contributed by atoms with Gasteiger partial charge in [-0.25, -0.2) is 0 Å². The third-order valence-electron chi connectivity index (χ3n) is 11.3. The number of allylic oxidation sites excluding steroid dienone is 6. The Bertz CT molecular complexity index is 2830. The van der Waals surface area contributed by atoms with Crippen LogP contribution in [0.3, 0.4) is 0 Å². The van der Waals surface area contributed by atoms with E-state index >= 15 is 0 Å². The van der Waals surface area contributed by atoms with Crippen LogP contribution in [0.2, 0.25) is 0 Å². The number of fused-ring (bicyclic) bond motifs is 4. The second-order valence-electron chi connectivity index (χ2n) is 16.1. The monoisotopic (exact) mass is 923 g/mol. The number of carboxylic acids is 1. The third kappa shape index (κ3) is 11.0. The number of anilines is 1. The molecule has 0 aromatic heterocycles. The molecular weight excluding hydrogens is 873 g/mol. The number of hydrogen-bond donors (Lipinski definition) is 5. The van der Waals surface area contributed by atoms with Crippen molar-refractivity contribution in [2.24, 2.45) is 0 Å². The highest BCUT2D eigenvalue weighted by atomic mass is 32.2. The summed E-state index contributed by atoms with van der Waals surface area (Å²) in [5.41, 5.74) is 2.79. The first-order valence-electron chi connectivity index (χ1n) is 19.4. The number of carboxylic acid groups (broad SMARTS) is 1. The van der Waals surface area contributed by atoms with Gasteiger partial charge in [0.05, 0.1) is 26.7 Å². The van der Waals surface area contributed by atoms with Crippen LogP contribution in [-0.2, 0) is 56.1 Å². The van der Waals surface area contributed by atoms with Crippen molar-refractivity contribution in [1.82, 2.24) is 0 Å². The van der Waals surface area contributed by atoms with Crippen LogP contribution in [0.5, 0.6) is 0 Å². The first kappa shape index (κ1) is 47.8. The minimum atomic E-state index is -4.61. The normalized spacial score (nSPS) is 18.9. The Morgan fingerprint density at radius 1 is 0.738 bits per heavy atom. The van der Waals surface area contributed by atoms with Gasteiger partial charge in [0.25, 0.3) is 40.5 Å². The van der Waals surface area contributed by atoms with Crippen LogP contribution in [-0.4, -0.2) is 97.8 Å². The van der Waals surface area contributed by atoms with Crippen molar-refractivity contribution >= 4 is 74.3 Å². The molecule has 20 heteroatoms. The molecule has 0 fully saturated rings. The van der Waals surface area contributed by atoms with Gasteiger partial charge in [0.15, 0.2) is 5.71 Å². The third-order valence-corrected chi connectivity index (χ3v) is 14.6. The Morgan fingerprint density at radius 3 is 2.02 bits per heavy atom. The fourth-order valence-electron chi connectivity index (χ4n) is 8.54. The van der Waals surface area contributed by atoms with Crippen LogP contribution >= 0.6 is 0 Å². The second-order valence-corrected chi connectivity index (χ2v) is 22.1. The summed E-state index contributed by atoms with van der Waals surface area (Å²) in [6.45, 7) is 7.75. The van der Waals surface area contributed by atoms with Gasteiger partial charge in [0.2, 0.25) is 5.69 Å². The molecule has 0 amide bonds. The van der Waals surface area contributed by atoms with Gasteiger partial charge in [0, 0.05) is 53.9 Å². The molecule has 1 unspecified atom stereocenters. The minimum absolute atomic E-state index is 0.00921. The number of benzene rings is 3. The Balaban J connectivity index is 1.59. The fourth-order valence-corrected chi connectivity index (χ4v) is 10.6. The summed E-state index contributed by atoms with van der Waals surface area (Å²) >= 11 is 0. The summed E-state index contributed by atoms with van der Waals surface area (Å²) < 4.78 is 137. The number of aryl methyl sites for hydroxylation is 1. The molecule has 5 N–H and O–H groups in total. The lowest BCUT2D eigenvalue weighted by Crippen LogP contribution is -2.30. The highest BCUT2D eigenvalue weighted by Crippen LogP contribution is 2.52. The molecule has 0 spiro atoms. The van der Waals surface area contributed by atoms with E-state index < -0.39 is 68.8 Å². The van der Waals surface area contributed by atoms with Gasteiger partial charge in [0.1, 0.15) is 6.54 Å². The lowest BCUT2D eigenvalue weighted by atomic mass is 9.77. The summed E-state index contributed by atoms with van der Waals surface area (Å²) in [4.78, 5) is 12.4. The highest BCUT2D eigenvalue weighted by molar-refractivity contribution is 7.86. The molecule has 3 aromatic rings. The number of rotatable bonds is 19. The topological polar surface area (TPSA) is 261 Å². The Labute approximate surface area is 357 Å². The number of carbonyl (C=O) groups is 1. The predicted octanol–water partition coefficient (Wildman–Crippen LogP) is 6.38. The van der Waals surface area contributed by atoms with Crippen molar-refractivity contribution in [2.75, 3.05) is 29.5 Å². The van der Waals surface area contributed by atoms with E-state index in [2.05, 4.69) is 0 Å². The van der Waals surface area contributed by atoms with E-state index in [-0.39, 0.29) is 42.1 Å². The number of aliphatic carboxylic acids is 1. The molecule has 5 rings (SSSR count). The number of hydrogen-bond acceptors (Lipinski definition) is 10. The van der Waals surface area contributed by atoms with Gasteiger partial charge < -0.3 is 10.0 Å².